The summed E-state index contributed by atoms with van der Waals surface area (Å²) >= 11 is 0. The average Bonchev–Trinajstić information content (AvgIpc) is 2.47. The Bertz CT molecular complexity index is 486. The third kappa shape index (κ3) is 2.18. The smallest absolute Gasteiger partial charge is 0.161 e. The Hall–Kier alpha value is -1.77. The Kier molecular flexibility index (Phi) is 3.18. The summed E-state index contributed by atoms with van der Waals surface area (Å²) in [5, 5.41) is 0. The molecule has 0 bridgehead atoms. The molecule has 0 atom stereocenters. The van der Waals surface area contributed by atoms with Gasteiger partial charge in [0.2, 0.25) is 0 Å². The Morgan fingerprint density at radius 3 is 2.35 bits per heavy atom. The molecule has 0 unspecified atom stereocenters. The minimum absolute atomic E-state index is 0.177. The number of fused-ring (bicyclic) bond motifs is 1. The van der Waals surface area contributed by atoms with Crippen molar-refractivity contribution in [3.8, 4) is 11.5 Å². The first-order valence-electron chi connectivity index (χ1n) is 5.62. The van der Waals surface area contributed by atoms with Crippen LogP contribution in [-0.4, -0.2) is 20.0 Å². The third-order valence-corrected chi connectivity index (χ3v) is 3.05. The van der Waals surface area contributed by atoms with Gasteiger partial charge in [-0.3, -0.25) is 4.79 Å². The van der Waals surface area contributed by atoms with E-state index < -0.39 is 0 Å². The van der Waals surface area contributed by atoms with Crippen LogP contribution in [0, 0.1) is 0 Å². The van der Waals surface area contributed by atoms with Crippen molar-refractivity contribution < 1.29 is 14.3 Å². The minimum atomic E-state index is 0.177. The molecule has 0 spiro atoms. The molecule has 0 saturated carbocycles. The number of ether oxygens (including phenoxy) is 2. The second-order valence-electron chi connectivity index (χ2n) is 4.16. The molecule has 3 nitrogen and oxygen atoms in total. The van der Waals surface area contributed by atoms with E-state index in [1.165, 1.54) is 0 Å². The Morgan fingerprint density at radius 2 is 1.71 bits per heavy atom. The molecular weight excluding hydrogens is 216 g/mol. The molecule has 0 N–H and O–H groups in total. The van der Waals surface area contributed by atoms with Gasteiger partial charge < -0.3 is 9.47 Å². The fraction of sp³-hybridized carbons (Fsp3) is 0.357. The number of hydrogen-bond donors (Lipinski definition) is 0. The van der Waals surface area contributed by atoms with Crippen molar-refractivity contribution in [3.63, 3.8) is 0 Å². The molecule has 0 saturated heterocycles. The van der Waals surface area contributed by atoms with Gasteiger partial charge in [0.05, 0.1) is 14.2 Å². The summed E-state index contributed by atoms with van der Waals surface area (Å²) in [6, 6.07) is 3.91. The van der Waals surface area contributed by atoms with Gasteiger partial charge in [0, 0.05) is 6.42 Å². The topological polar surface area (TPSA) is 35.5 Å². The van der Waals surface area contributed by atoms with Gasteiger partial charge in [-0.25, -0.2) is 0 Å². The van der Waals surface area contributed by atoms with Gasteiger partial charge in [0.1, 0.15) is 0 Å². The van der Waals surface area contributed by atoms with Gasteiger partial charge in [-0.1, -0.05) is 0 Å². The van der Waals surface area contributed by atoms with E-state index in [4.69, 9.17) is 9.47 Å². The number of rotatable bonds is 2. The Morgan fingerprint density at radius 1 is 1.06 bits per heavy atom. The lowest BCUT2D eigenvalue weighted by Gasteiger charge is -2.13. The number of allylic oxidation sites excluding steroid dienone is 2. The standard InChI is InChI=1S/C14H16O3/c1-9-6-11(15)5-4-10-7-13(16-2)14(17-3)8-12(9)10/h6-8H,4-5H2,1-3H3. The molecule has 0 aliphatic heterocycles. The van der Waals surface area contributed by atoms with E-state index in [1.54, 1.807) is 20.3 Å². The largest absolute Gasteiger partial charge is 0.493 e. The van der Waals surface area contributed by atoms with Crippen molar-refractivity contribution in [2.45, 2.75) is 19.8 Å². The molecule has 0 amide bonds. The Balaban J connectivity index is 2.57. The number of aryl methyl sites for hydroxylation is 1. The normalized spacial score (nSPS) is 14.8. The quantitative estimate of drug-likeness (QED) is 0.786. The van der Waals surface area contributed by atoms with Crippen LogP contribution in [0.1, 0.15) is 24.5 Å². The van der Waals surface area contributed by atoms with Gasteiger partial charge >= 0.3 is 0 Å². The first-order chi connectivity index (χ1) is 8.15. The van der Waals surface area contributed by atoms with Crippen LogP contribution in [0.15, 0.2) is 18.2 Å². The van der Waals surface area contributed by atoms with Crippen LogP contribution in [0.5, 0.6) is 11.5 Å². The molecular formula is C14H16O3. The minimum Gasteiger partial charge on any atom is -0.493 e. The van der Waals surface area contributed by atoms with Crippen molar-refractivity contribution in [1.82, 2.24) is 0 Å². The van der Waals surface area contributed by atoms with E-state index >= 15 is 0 Å². The van der Waals surface area contributed by atoms with Gasteiger partial charge in [-0.2, -0.15) is 0 Å². The maximum absolute atomic E-state index is 11.5. The summed E-state index contributed by atoms with van der Waals surface area (Å²) in [5.41, 5.74) is 3.21. The van der Waals surface area contributed by atoms with Crippen molar-refractivity contribution in [3.05, 3.63) is 29.3 Å². The maximum Gasteiger partial charge on any atom is 0.161 e. The fourth-order valence-corrected chi connectivity index (χ4v) is 2.14. The van der Waals surface area contributed by atoms with Crippen molar-refractivity contribution in [2.24, 2.45) is 0 Å². The van der Waals surface area contributed by atoms with Crippen molar-refractivity contribution in [1.29, 1.82) is 0 Å². The van der Waals surface area contributed by atoms with E-state index in [2.05, 4.69) is 0 Å². The molecule has 0 fully saturated rings. The number of hydrogen-bond acceptors (Lipinski definition) is 3. The number of benzene rings is 1. The molecule has 0 radical (unpaired) electrons. The number of ketones is 1. The summed E-state index contributed by atoms with van der Waals surface area (Å²) in [4.78, 5) is 11.5. The molecule has 2 rings (SSSR count). The van der Waals surface area contributed by atoms with Crippen LogP contribution in [0.2, 0.25) is 0 Å². The highest BCUT2D eigenvalue weighted by atomic mass is 16.5. The first kappa shape index (κ1) is 11.7. The SMILES string of the molecule is COc1cc2c(cc1OC)C(C)=CC(=O)CC2. The molecule has 0 aromatic heterocycles. The maximum atomic E-state index is 11.5. The van der Waals surface area contributed by atoms with Crippen LogP contribution < -0.4 is 9.47 Å². The molecule has 1 aromatic carbocycles. The van der Waals surface area contributed by atoms with Crippen LogP contribution >= 0.6 is 0 Å². The summed E-state index contributed by atoms with van der Waals surface area (Å²) in [5.74, 6) is 1.60. The predicted molar refractivity (Wildman–Crippen MR) is 66.5 cm³/mol. The lowest BCUT2D eigenvalue weighted by Crippen LogP contribution is -1.97. The van der Waals surface area contributed by atoms with E-state index in [0.717, 1.165) is 23.1 Å². The van der Waals surface area contributed by atoms with E-state index in [-0.39, 0.29) is 5.78 Å². The summed E-state index contributed by atoms with van der Waals surface area (Å²) < 4.78 is 10.6. The average molecular weight is 232 g/mol. The molecule has 3 heteroatoms. The third-order valence-electron chi connectivity index (χ3n) is 3.05. The van der Waals surface area contributed by atoms with Crippen LogP contribution in [0.25, 0.3) is 5.57 Å². The fourth-order valence-electron chi connectivity index (χ4n) is 2.14. The zero-order valence-electron chi connectivity index (χ0n) is 10.4. The molecule has 0 heterocycles. The van der Waals surface area contributed by atoms with Gasteiger partial charge in [0.15, 0.2) is 17.3 Å². The number of carbonyl (C=O) groups excluding carboxylic acids is 1. The monoisotopic (exact) mass is 232 g/mol. The van der Waals surface area contributed by atoms with E-state index in [0.29, 0.717) is 17.9 Å². The summed E-state index contributed by atoms with van der Waals surface area (Å²) in [6.45, 7) is 1.95. The van der Waals surface area contributed by atoms with E-state index in [1.807, 2.05) is 19.1 Å². The molecule has 1 aliphatic rings. The predicted octanol–water partition coefficient (Wildman–Crippen LogP) is 2.62. The zero-order chi connectivity index (χ0) is 12.4. The van der Waals surface area contributed by atoms with Crippen LogP contribution in [0.4, 0.5) is 0 Å². The lowest BCUT2D eigenvalue weighted by atomic mass is 9.99. The highest BCUT2D eigenvalue weighted by Crippen LogP contribution is 2.35. The van der Waals surface area contributed by atoms with Crippen LogP contribution in [-0.2, 0) is 11.2 Å². The molecule has 1 aromatic rings. The van der Waals surface area contributed by atoms with Gasteiger partial charge in [-0.05, 0) is 48.3 Å². The zero-order valence-corrected chi connectivity index (χ0v) is 10.4. The second-order valence-corrected chi connectivity index (χ2v) is 4.16. The van der Waals surface area contributed by atoms with Crippen LogP contribution in [0.3, 0.4) is 0 Å². The number of methoxy groups -OCH3 is 2. The summed E-state index contributed by atoms with van der Waals surface area (Å²) in [6.07, 6.45) is 3.01. The molecule has 1 aliphatic carbocycles. The second kappa shape index (κ2) is 4.62. The van der Waals surface area contributed by atoms with Gasteiger partial charge in [-0.15, -0.1) is 0 Å². The highest BCUT2D eigenvalue weighted by molar-refractivity contribution is 5.98. The van der Waals surface area contributed by atoms with E-state index in [9.17, 15) is 4.79 Å². The summed E-state index contributed by atoms with van der Waals surface area (Å²) in [7, 11) is 3.24. The Labute approximate surface area is 101 Å². The highest BCUT2D eigenvalue weighted by Gasteiger charge is 2.16. The van der Waals surface area contributed by atoms with Gasteiger partial charge in [0.25, 0.3) is 0 Å². The lowest BCUT2D eigenvalue weighted by molar-refractivity contribution is -0.114. The molecule has 17 heavy (non-hydrogen) atoms. The first-order valence-corrected chi connectivity index (χ1v) is 5.62. The number of carbonyl (C=O) groups is 1. The van der Waals surface area contributed by atoms with Crippen molar-refractivity contribution >= 4 is 11.4 Å². The van der Waals surface area contributed by atoms with Crippen molar-refractivity contribution in [2.75, 3.05) is 14.2 Å². The molecule has 90 valence electrons.